The van der Waals surface area contributed by atoms with Gasteiger partial charge in [-0.25, -0.2) is 8.42 Å². The fraction of sp³-hybridized carbons (Fsp3) is 0.296. The lowest BCUT2D eigenvalue weighted by molar-refractivity contribution is -0.118. The minimum Gasteiger partial charge on any atom is -0.369 e. The Kier molecular flexibility index (Phi) is 6.77. The third-order valence-corrected chi connectivity index (χ3v) is 7.51. The first-order valence-electron chi connectivity index (χ1n) is 11.3. The summed E-state index contributed by atoms with van der Waals surface area (Å²) in [5.41, 5.74) is 1.31. The average Bonchev–Trinajstić information content (AvgIpc) is 2.82. The van der Waals surface area contributed by atoms with Crippen LogP contribution < -0.4 is 4.31 Å². The number of morpholine rings is 1. The highest BCUT2D eigenvalue weighted by Crippen LogP contribution is 2.27. The summed E-state index contributed by atoms with van der Waals surface area (Å²) >= 11 is 0. The fourth-order valence-corrected chi connectivity index (χ4v) is 5.87. The van der Waals surface area contributed by atoms with E-state index in [1.165, 1.54) is 10.4 Å². The first-order valence-corrected chi connectivity index (χ1v) is 12.8. The van der Waals surface area contributed by atoms with E-state index < -0.39 is 15.6 Å². The van der Waals surface area contributed by atoms with Gasteiger partial charge in [0, 0.05) is 18.7 Å². The van der Waals surface area contributed by atoms with Gasteiger partial charge in [0.1, 0.15) is 0 Å². The van der Waals surface area contributed by atoms with Crippen molar-refractivity contribution in [1.29, 1.82) is 0 Å². The Labute approximate surface area is 201 Å². The number of hydrogen-bond donors (Lipinski definition) is 0. The zero-order chi connectivity index (χ0) is 24.3. The van der Waals surface area contributed by atoms with Gasteiger partial charge >= 0.3 is 0 Å². The Balaban J connectivity index is 1.68. The van der Waals surface area contributed by atoms with Gasteiger partial charge in [-0.3, -0.25) is 9.10 Å². The molecule has 1 aliphatic rings. The maximum atomic E-state index is 13.8. The fourth-order valence-electron chi connectivity index (χ4n) is 4.37. The second kappa shape index (κ2) is 9.60. The van der Waals surface area contributed by atoms with Crippen LogP contribution in [0.15, 0.2) is 89.8 Å². The van der Waals surface area contributed by atoms with E-state index >= 15 is 0 Å². The molecule has 1 amide bonds. The molecule has 6 nitrogen and oxygen atoms in total. The predicted molar refractivity (Wildman–Crippen MR) is 133 cm³/mol. The summed E-state index contributed by atoms with van der Waals surface area (Å²) in [7, 11) is -3.93. The van der Waals surface area contributed by atoms with Gasteiger partial charge in [-0.2, -0.15) is 0 Å². The molecule has 0 aliphatic carbocycles. The minimum atomic E-state index is -3.93. The summed E-state index contributed by atoms with van der Waals surface area (Å²) in [6, 6.07) is 24.8. The zero-order valence-corrected chi connectivity index (χ0v) is 20.5. The van der Waals surface area contributed by atoms with E-state index in [1.807, 2.05) is 69.3 Å². The zero-order valence-electron chi connectivity index (χ0n) is 19.7. The molecule has 4 rings (SSSR count). The summed E-state index contributed by atoms with van der Waals surface area (Å²) < 4.78 is 34.9. The number of carbonyl (C=O) groups excluding carboxylic acids is 1. The Hall–Kier alpha value is -3.16. The number of carbonyl (C=O) groups is 1. The number of nitrogens with zero attached hydrogens (tertiary/aromatic N) is 2. The number of amides is 1. The molecule has 1 atom stereocenters. The van der Waals surface area contributed by atoms with Crippen LogP contribution in [0.4, 0.5) is 5.69 Å². The van der Waals surface area contributed by atoms with E-state index in [0.717, 1.165) is 5.56 Å². The Bertz CT molecular complexity index is 1240. The first kappa shape index (κ1) is 24.0. The van der Waals surface area contributed by atoms with Gasteiger partial charge in [-0.05, 0) is 56.7 Å². The Morgan fingerprint density at radius 1 is 1.00 bits per heavy atom. The van der Waals surface area contributed by atoms with Crippen molar-refractivity contribution in [3.05, 3.63) is 96.1 Å². The molecule has 1 fully saturated rings. The topological polar surface area (TPSA) is 66.9 Å². The Morgan fingerprint density at radius 2 is 1.65 bits per heavy atom. The van der Waals surface area contributed by atoms with Gasteiger partial charge in [0.15, 0.2) is 0 Å². The van der Waals surface area contributed by atoms with Crippen molar-refractivity contribution in [1.82, 2.24) is 4.90 Å². The summed E-state index contributed by atoms with van der Waals surface area (Å²) in [6.07, 6.45) is -0.0981. The van der Waals surface area contributed by atoms with Gasteiger partial charge in [0.05, 0.1) is 28.8 Å². The van der Waals surface area contributed by atoms with Crippen molar-refractivity contribution in [3.63, 3.8) is 0 Å². The highest BCUT2D eigenvalue weighted by molar-refractivity contribution is 7.92. The van der Waals surface area contributed by atoms with Crippen molar-refractivity contribution in [2.24, 2.45) is 0 Å². The van der Waals surface area contributed by atoms with E-state index in [-0.39, 0.29) is 23.5 Å². The van der Waals surface area contributed by atoms with Gasteiger partial charge in [0.25, 0.3) is 15.9 Å². The summed E-state index contributed by atoms with van der Waals surface area (Å²) in [4.78, 5) is 15.1. The monoisotopic (exact) mass is 478 g/mol. The molecule has 0 saturated carbocycles. The number of sulfonamides is 1. The van der Waals surface area contributed by atoms with Crippen LogP contribution in [0.5, 0.6) is 0 Å². The molecular formula is C27H30N2O4S. The number of para-hydroxylation sites is 1. The molecule has 0 radical (unpaired) electrons. The van der Waals surface area contributed by atoms with Crippen LogP contribution in [0.1, 0.15) is 36.7 Å². The maximum absolute atomic E-state index is 13.8. The summed E-state index contributed by atoms with van der Waals surface area (Å²) in [5.74, 6) is -0.199. The van der Waals surface area contributed by atoms with E-state index in [0.29, 0.717) is 24.3 Å². The number of hydrogen-bond acceptors (Lipinski definition) is 4. The third-order valence-electron chi connectivity index (χ3n) is 5.74. The van der Waals surface area contributed by atoms with Crippen molar-refractivity contribution >= 4 is 21.6 Å². The molecule has 34 heavy (non-hydrogen) atoms. The molecule has 1 heterocycles. The van der Waals surface area contributed by atoms with Crippen molar-refractivity contribution in [2.45, 2.75) is 43.9 Å². The lowest BCUT2D eigenvalue weighted by Gasteiger charge is -2.41. The van der Waals surface area contributed by atoms with Crippen molar-refractivity contribution < 1.29 is 17.9 Å². The molecule has 3 aromatic rings. The normalized spacial score (nSPS) is 17.9. The van der Waals surface area contributed by atoms with Crippen LogP contribution in [0, 0.1) is 0 Å². The number of ether oxygens (including phenoxy) is 1. The van der Waals surface area contributed by atoms with Gasteiger partial charge in [-0.1, -0.05) is 54.6 Å². The molecule has 0 spiro atoms. The van der Waals surface area contributed by atoms with Crippen LogP contribution in [0.2, 0.25) is 0 Å². The molecular weight excluding hydrogens is 448 g/mol. The predicted octanol–water partition coefficient (Wildman–Crippen LogP) is 4.72. The molecule has 3 aromatic carbocycles. The van der Waals surface area contributed by atoms with Crippen LogP contribution >= 0.6 is 0 Å². The van der Waals surface area contributed by atoms with Crippen LogP contribution in [-0.2, 0) is 21.3 Å². The molecule has 0 aromatic heterocycles. The third kappa shape index (κ3) is 5.32. The highest BCUT2D eigenvalue weighted by Gasteiger charge is 2.34. The van der Waals surface area contributed by atoms with Crippen LogP contribution in [0.25, 0.3) is 0 Å². The molecule has 178 valence electrons. The SMILES string of the molecule is CC1CN(C(=O)c2cccc(S(=O)(=O)N(Cc3ccccc3)c3ccccc3)c2)CC(C)(C)O1. The standard InChI is InChI=1S/C27H30N2O4S/c1-21-18-28(20-27(2,3)33-21)26(30)23-13-10-16-25(17-23)34(31,32)29(24-14-8-5-9-15-24)19-22-11-6-4-7-12-22/h4-17,21H,18-20H2,1-3H3. The quantitative estimate of drug-likeness (QED) is 0.514. The highest BCUT2D eigenvalue weighted by atomic mass is 32.2. The molecule has 1 unspecified atom stereocenters. The minimum absolute atomic E-state index is 0.0821. The molecule has 1 saturated heterocycles. The van der Waals surface area contributed by atoms with E-state index in [4.69, 9.17) is 4.74 Å². The summed E-state index contributed by atoms with van der Waals surface area (Å²) in [6.45, 7) is 6.92. The van der Waals surface area contributed by atoms with Crippen LogP contribution in [0.3, 0.4) is 0 Å². The number of rotatable bonds is 6. The second-order valence-electron chi connectivity index (χ2n) is 9.23. The molecule has 0 bridgehead atoms. The molecule has 1 aliphatic heterocycles. The average molecular weight is 479 g/mol. The maximum Gasteiger partial charge on any atom is 0.264 e. The van der Waals surface area contributed by atoms with Gasteiger partial charge in [-0.15, -0.1) is 0 Å². The summed E-state index contributed by atoms with van der Waals surface area (Å²) in [5, 5.41) is 0. The lowest BCUT2D eigenvalue weighted by Crippen LogP contribution is -2.53. The molecule has 7 heteroatoms. The van der Waals surface area contributed by atoms with Crippen molar-refractivity contribution in [3.8, 4) is 0 Å². The largest absolute Gasteiger partial charge is 0.369 e. The van der Waals surface area contributed by atoms with Gasteiger partial charge < -0.3 is 9.64 Å². The first-order chi connectivity index (χ1) is 16.2. The second-order valence-corrected chi connectivity index (χ2v) is 11.1. The van der Waals surface area contributed by atoms with E-state index in [9.17, 15) is 13.2 Å². The van der Waals surface area contributed by atoms with Crippen molar-refractivity contribution in [2.75, 3.05) is 17.4 Å². The number of benzene rings is 3. The van der Waals surface area contributed by atoms with E-state index in [2.05, 4.69) is 0 Å². The smallest absolute Gasteiger partial charge is 0.264 e. The van der Waals surface area contributed by atoms with Crippen LogP contribution in [-0.4, -0.2) is 44.0 Å². The van der Waals surface area contributed by atoms with E-state index in [1.54, 1.807) is 35.2 Å². The lowest BCUT2D eigenvalue weighted by atomic mass is 10.0. The van der Waals surface area contributed by atoms with Gasteiger partial charge in [0.2, 0.25) is 0 Å². The Morgan fingerprint density at radius 3 is 2.29 bits per heavy atom. The number of anilines is 1. The molecule has 0 N–H and O–H groups in total.